The van der Waals surface area contributed by atoms with Gasteiger partial charge in [-0.05, 0) is 54.4 Å². The molecule has 0 N–H and O–H groups in total. The molecule has 178 valence electrons. The van der Waals surface area contributed by atoms with Crippen LogP contribution in [0, 0.1) is 0 Å². The summed E-state index contributed by atoms with van der Waals surface area (Å²) in [6, 6.07) is 20.5. The lowest BCUT2D eigenvalue weighted by atomic mass is 9.99. The summed E-state index contributed by atoms with van der Waals surface area (Å²) in [4.78, 5) is 27.0. The van der Waals surface area contributed by atoms with Crippen LogP contribution >= 0.6 is 0 Å². The molecule has 0 fully saturated rings. The van der Waals surface area contributed by atoms with Crippen LogP contribution in [-0.4, -0.2) is 31.0 Å². The van der Waals surface area contributed by atoms with Crippen LogP contribution in [0.3, 0.4) is 0 Å². The van der Waals surface area contributed by atoms with Crippen LogP contribution in [0.1, 0.15) is 34.1 Å². The minimum absolute atomic E-state index is 0.179. The molecule has 5 rings (SSSR count). The van der Waals surface area contributed by atoms with E-state index in [0.29, 0.717) is 34.5 Å². The minimum atomic E-state index is -0.528. The number of methoxy groups -OCH3 is 1. The van der Waals surface area contributed by atoms with Gasteiger partial charge in [-0.1, -0.05) is 30.3 Å². The molecule has 0 saturated heterocycles. The summed E-state index contributed by atoms with van der Waals surface area (Å²) in [5.74, 6) is 1.53. The Morgan fingerprint density at radius 1 is 0.971 bits per heavy atom. The fourth-order valence-electron chi connectivity index (χ4n) is 4.38. The summed E-state index contributed by atoms with van der Waals surface area (Å²) in [5, 5.41) is 0.546. The predicted octanol–water partition coefficient (Wildman–Crippen LogP) is 4.55. The van der Waals surface area contributed by atoms with E-state index in [1.165, 1.54) is 0 Å². The molecule has 1 aliphatic heterocycles. The first-order valence-corrected chi connectivity index (χ1v) is 11.4. The molecular weight excluding hydrogens is 446 g/mol. The molecule has 0 atom stereocenters. The molecule has 0 spiro atoms. The number of benzene rings is 3. The van der Waals surface area contributed by atoms with Crippen molar-refractivity contribution in [2.75, 3.05) is 20.5 Å². The Morgan fingerprint density at radius 2 is 1.71 bits per heavy atom. The Labute approximate surface area is 202 Å². The van der Waals surface area contributed by atoms with Gasteiger partial charge in [0.1, 0.15) is 11.4 Å². The van der Waals surface area contributed by atoms with E-state index in [2.05, 4.69) is 0 Å². The molecule has 0 unspecified atom stereocenters. The summed E-state index contributed by atoms with van der Waals surface area (Å²) in [6.45, 7) is 2.48. The third-order valence-corrected chi connectivity index (χ3v) is 6.06. The molecule has 4 aromatic rings. The standard InChI is InChI=1S/C28H25NO6/c1-3-33-28(31)26-22(14-18-8-11-20(32-2)12-9-18)27(30)21-6-4-5-7-23(21)29(26)16-19-10-13-24-25(15-19)35-17-34-24/h4-13,15H,3,14,16-17H2,1-2H3. The van der Waals surface area contributed by atoms with Crippen LogP contribution in [0.15, 0.2) is 71.5 Å². The lowest BCUT2D eigenvalue weighted by Crippen LogP contribution is -2.26. The first kappa shape index (κ1) is 22.5. The maximum Gasteiger partial charge on any atom is 0.355 e. The first-order chi connectivity index (χ1) is 17.1. The van der Waals surface area contributed by atoms with Crippen molar-refractivity contribution < 1.29 is 23.7 Å². The fourth-order valence-corrected chi connectivity index (χ4v) is 4.38. The number of esters is 1. The van der Waals surface area contributed by atoms with Gasteiger partial charge in [0.2, 0.25) is 6.79 Å². The molecule has 0 amide bonds. The van der Waals surface area contributed by atoms with Crippen molar-refractivity contribution in [3.63, 3.8) is 0 Å². The average molecular weight is 472 g/mol. The molecule has 0 bridgehead atoms. The second-order valence-electron chi connectivity index (χ2n) is 8.19. The molecule has 1 aromatic heterocycles. The van der Waals surface area contributed by atoms with Gasteiger partial charge in [0.15, 0.2) is 16.9 Å². The van der Waals surface area contributed by atoms with Crippen molar-refractivity contribution in [2.24, 2.45) is 0 Å². The van der Waals surface area contributed by atoms with Crippen molar-refractivity contribution in [1.29, 1.82) is 0 Å². The Morgan fingerprint density at radius 3 is 2.49 bits per heavy atom. The first-order valence-electron chi connectivity index (χ1n) is 11.4. The lowest BCUT2D eigenvalue weighted by molar-refractivity contribution is 0.0512. The Balaban J connectivity index is 1.70. The number of hydrogen-bond donors (Lipinski definition) is 0. The second kappa shape index (κ2) is 9.54. The Kier molecular flexibility index (Phi) is 6.14. The van der Waals surface area contributed by atoms with Gasteiger partial charge in [-0.15, -0.1) is 0 Å². The third kappa shape index (κ3) is 4.33. The maximum atomic E-state index is 13.7. The number of ether oxygens (including phenoxy) is 4. The van der Waals surface area contributed by atoms with Gasteiger partial charge in [-0.2, -0.15) is 0 Å². The minimum Gasteiger partial charge on any atom is -0.497 e. The van der Waals surface area contributed by atoms with Crippen molar-refractivity contribution in [3.05, 3.63) is 99.3 Å². The van der Waals surface area contributed by atoms with Gasteiger partial charge in [0.25, 0.3) is 0 Å². The maximum absolute atomic E-state index is 13.7. The highest BCUT2D eigenvalue weighted by atomic mass is 16.7. The molecule has 2 heterocycles. The molecule has 1 aliphatic rings. The van der Waals surface area contributed by atoms with Gasteiger partial charge in [-0.25, -0.2) is 4.79 Å². The number of hydrogen-bond acceptors (Lipinski definition) is 6. The number of carbonyl (C=O) groups is 1. The summed E-state index contributed by atoms with van der Waals surface area (Å²) < 4.78 is 23.5. The second-order valence-corrected chi connectivity index (χ2v) is 8.19. The van der Waals surface area contributed by atoms with Gasteiger partial charge in [-0.3, -0.25) is 4.79 Å². The zero-order valence-electron chi connectivity index (χ0n) is 19.6. The number of para-hydroxylation sites is 1. The highest BCUT2D eigenvalue weighted by Crippen LogP contribution is 2.33. The van der Waals surface area contributed by atoms with Crippen molar-refractivity contribution >= 4 is 16.9 Å². The van der Waals surface area contributed by atoms with Crippen molar-refractivity contribution in [3.8, 4) is 17.2 Å². The van der Waals surface area contributed by atoms with E-state index in [1.807, 2.05) is 65.2 Å². The van der Waals surface area contributed by atoms with Crippen LogP contribution in [0.2, 0.25) is 0 Å². The molecule has 7 nitrogen and oxygen atoms in total. The van der Waals surface area contributed by atoms with Gasteiger partial charge in [0, 0.05) is 23.9 Å². The average Bonchev–Trinajstić information content (AvgIpc) is 3.35. The largest absolute Gasteiger partial charge is 0.497 e. The number of rotatable bonds is 7. The molecule has 35 heavy (non-hydrogen) atoms. The van der Waals surface area contributed by atoms with Crippen LogP contribution in [0.4, 0.5) is 0 Å². The van der Waals surface area contributed by atoms with E-state index in [-0.39, 0.29) is 30.9 Å². The topological polar surface area (TPSA) is 76.0 Å². The molecule has 0 aliphatic carbocycles. The summed E-state index contributed by atoms with van der Waals surface area (Å²) >= 11 is 0. The van der Waals surface area contributed by atoms with Crippen LogP contribution < -0.4 is 19.6 Å². The number of nitrogens with zero attached hydrogens (tertiary/aromatic N) is 1. The van der Waals surface area contributed by atoms with Crippen molar-refractivity contribution in [2.45, 2.75) is 19.9 Å². The smallest absolute Gasteiger partial charge is 0.355 e. The molecule has 3 aromatic carbocycles. The SMILES string of the molecule is CCOC(=O)c1c(Cc2ccc(OC)cc2)c(=O)c2ccccc2n1Cc1ccc2c(c1)OCO2. The zero-order chi connectivity index (χ0) is 24.4. The van der Waals surface area contributed by atoms with E-state index >= 15 is 0 Å². The molecule has 7 heteroatoms. The Hall–Kier alpha value is -4.26. The number of aromatic nitrogens is 1. The molecule has 0 radical (unpaired) electrons. The summed E-state index contributed by atoms with van der Waals surface area (Å²) in [6.07, 6.45) is 0.281. The molecule has 0 saturated carbocycles. The quantitative estimate of drug-likeness (QED) is 0.368. The van der Waals surface area contributed by atoms with Crippen LogP contribution in [0.5, 0.6) is 17.2 Å². The zero-order valence-corrected chi connectivity index (χ0v) is 19.6. The normalized spacial score (nSPS) is 12.1. The molecular formula is C28H25NO6. The highest BCUT2D eigenvalue weighted by Gasteiger charge is 2.24. The van der Waals surface area contributed by atoms with Gasteiger partial charge in [0.05, 0.1) is 19.2 Å². The van der Waals surface area contributed by atoms with E-state index in [9.17, 15) is 9.59 Å². The third-order valence-electron chi connectivity index (χ3n) is 6.06. The van der Waals surface area contributed by atoms with Crippen LogP contribution in [0.25, 0.3) is 10.9 Å². The summed E-state index contributed by atoms with van der Waals surface area (Å²) in [5.41, 5.74) is 2.93. The highest BCUT2D eigenvalue weighted by molar-refractivity contribution is 5.94. The van der Waals surface area contributed by atoms with Crippen molar-refractivity contribution in [1.82, 2.24) is 4.57 Å². The fraction of sp³-hybridized carbons (Fsp3) is 0.214. The van der Waals surface area contributed by atoms with Crippen LogP contribution in [-0.2, 0) is 17.7 Å². The lowest BCUT2D eigenvalue weighted by Gasteiger charge is -2.20. The van der Waals surface area contributed by atoms with E-state index in [0.717, 1.165) is 16.9 Å². The monoisotopic (exact) mass is 471 g/mol. The number of pyridine rings is 1. The summed E-state index contributed by atoms with van der Waals surface area (Å²) in [7, 11) is 1.60. The number of fused-ring (bicyclic) bond motifs is 2. The Bertz CT molecular complexity index is 1460. The van der Waals surface area contributed by atoms with Gasteiger partial charge < -0.3 is 23.5 Å². The van der Waals surface area contributed by atoms with E-state index in [4.69, 9.17) is 18.9 Å². The van der Waals surface area contributed by atoms with Gasteiger partial charge >= 0.3 is 5.97 Å². The van der Waals surface area contributed by atoms with E-state index in [1.54, 1.807) is 20.1 Å². The number of carbonyl (C=O) groups excluding carboxylic acids is 1. The predicted molar refractivity (Wildman–Crippen MR) is 132 cm³/mol. The van der Waals surface area contributed by atoms with E-state index < -0.39 is 5.97 Å².